The van der Waals surface area contributed by atoms with E-state index in [-0.39, 0.29) is 11.4 Å². The molecule has 1 aromatic heterocycles. The molecule has 0 atom stereocenters. The average Bonchev–Trinajstić information content (AvgIpc) is 2.11. The molecule has 3 nitrogen and oxygen atoms in total. The zero-order valence-corrected chi connectivity index (χ0v) is 5.67. The van der Waals surface area contributed by atoms with Gasteiger partial charge in [-0.15, -0.1) is 5.10 Å². The summed E-state index contributed by atoms with van der Waals surface area (Å²) in [6, 6.07) is 0. The molecular formula is C5H7F2N3. The summed E-state index contributed by atoms with van der Waals surface area (Å²) >= 11 is 0. The summed E-state index contributed by atoms with van der Waals surface area (Å²) in [5.74, 6) is 0. The summed E-state index contributed by atoms with van der Waals surface area (Å²) < 4.78 is 25.1. The summed E-state index contributed by atoms with van der Waals surface area (Å²) in [5, 5.41) is 6.89. The minimum atomic E-state index is -2.49. The number of hydrogen-bond acceptors (Lipinski definition) is 2. The van der Waals surface area contributed by atoms with E-state index in [1.165, 1.54) is 14.0 Å². The van der Waals surface area contributed by atoms with Crippen molar-refractivity contribution in [3.05, 3.63) is 11.4 Å². The molecule has 0 unspecified atom stereocenters. The third-order valence-corrected chi connectivity index (χ3v) is 1.25. The van der Waals surface area contributed by atoms with Gasteiger partial charge in [-0.25, -0.2) is 13.5 Å². The van der Waals surface area contributed by atoms with Gasteiger partial charge in [-0.1, -0.05) is 5.21 Å². The highest BCUT2D eigenvalue weighted by atomic mass is 19.3. The van der Waals surface area contributed by atoms with Crippen molar-refractivity contribution in [3.63, 3.8) is 0 Å². The summed E-state index contributed by atoms with van der Waals surface area (Å²) in [6.07, 6.45) is -2.49. The number of hydrogen-bond donors (Lipinski definition) is 0. The van der Waals surface area contributed by atoms with Gasteiger partial charge in [0.05, 0.1) is 5.69 Å². The van der Waals surface area contributed by atoms with Crippen LogP contribution in [-0.2, 0) is 7.05 Å². The Balaban J connectivity index is 3.10. The first-order valence-electron chi connectivity index (χ1n) is 2.77. The normalized spacial score (nSPS) is 10.9. The molecule has 0 N–H and O–H groups in total. The fourth-order valence-electron chi connectivity index (χ4n) is 0.767. The first-order valence-corrected chi connectivity index (χ1v) is 2.77. The lowest BCUT2D eigenvalue weighted by atomic mass is 10.3. The molecule has 0 spiro atoms. The Morgan fingerprint density at radius 2 is 2.10 bits per heavy atom. The lowest BCUT2D eigenvalue weighted by molar-refractivity contribution is 0.140. The maximum Gasteiger partial charge on any atom is 0.281 e. The van der Waals surface area contributed by atoms with Crippen molar-refractivity contribution in [2.75, 3.05) is 0 Å². The first kappa shape index (κ1) is 7.11. The summed E-state index contributed by atoms with van der Waals surface area (Å²) in [4.78, 5) is 0. The Bertz CT molecular complexity index is 211. The summed E-state index contributed by atoms with van der Waals surface area (Å²) in [7, 11) is 1.45. The van der Waals surface area contributed by atoms with E-state index in [4.69, 9.17) is 0 Å². The summed E-state index contributed by atoms with van der Waals surface area (Å²) in [5.41, 5.74) is 0.178. The van der Waals surface area contributed by atoms with Crippen molar-refractivity contribution in [2.24, 2.45) is 7.05 Å². The Morgan fingerprint density at radius 3 is 2.30 bits per heavy atom. The molecule has 0 aliphatic heterocycles. The fourth-order valence-corrected chi connectivity index (χ4v) is 0.767. The van der Waals surface area contributed by atoms with Crippen molar-refractivity contribution >= 4 is 0 Å². The van der Waals surface area contributed by atoms with Crippen LogP contribution in [0.1, 0.15) is 17.8 Å². The lowest BCUT2D eigenvalue weighted by Gasteiger charge is -1.97. The maximum absolute atomic E-state index is 12.0. The number of alkyl halides is 2. The monoisotopic (exact) mass is 147 g/mol. The second-order valence-electron chi connectivity index (χ2n) is 1.98. The molecule has 0 fully saturated rings. The van der Waals surface area contributed by atoms with E-state index in [1.807, 2.05) is 0 Å². The highest BCUT2D eigenvalue weighted by molar-refractivity contribution is 5.08. The fraction of sp³-hybridized carbons (Fsp3) is 0.600. The minimum Gasteiger partial charge on any atom is -0.246 e. The molecule has 0 aliphatic rings. The highest BCUT2D eigenvalue weighted by Crippen LogP contribution is 2.18. The SMILES string of the molecule is Cc1nnn(C)c1C(F)F. The van der Waals surface area contributed by atoms with Crippen LogP contribution in [-0.4, -0.2) is 15.0 Å². The predicted molar refractivity (Wildman–Crippen MR) is 30.7 cm³/mol. The van der Waals surface area contributed by atoms with Gasteiger partial charge in [-0.2, -0.15) is 0 Å². The highest BCUT2D eigenvalue weighted by Gasteiger charge is 2.15. The van der Waals surface area contributed by atoms with Crippen LogP contribution in [0, 0.1) is 6.92 Å². The molecule has 0 amide bonds. The molecule has 0 bridgehead atoms. The van der Waals surface area contributed by atoms with Gasteiger partial charge in [0.15, 0.2) is 0 Å². The third-order valence-electron chi connectivity index (χ3n) is 1.25. The molecule has 0 saturated carbocycles. The lowest BCUT2D eigenvalue weighted by Crippen LogP contribution is -1.99. The molecule has 0 saturated heterocycles. The van der Waals surface area contributed by atoms with E-state index in [0.717, 1.165) is 4.68 Å². The zero-order valence-electron chi connectivity index (χ0n) is 5.67. The predicted octanol–water partition coefficient (Wildman–Crippen LogP) is 1.06. The van der Waals surface area contributed by atoms with Gasteiger partial charge in [0.2, 0.25) is 0 Å². The van der Waals surface area contributed by atoms with Crippen LogP contribution in [0.3, 0.4) is 0 Å². The number of halogens is 2. The largest absolute Gasteiger partial charge is 0.281 e. The maximum atomic E-state index is 12.0. The number of nitrogens with zero attached hydrogens (tertiary/aromatic N) is 3. The van der Waals surface area contributed by atoms with Gasteiger partial charge in [0, 0.05) is 7.05 Å². The minimum absolute atomic E-state index is 0.111. The van der Waals surface area contributed by atoms with Crippen LogP contribution in [0.5, 0.6) is 0 Å². The van der Waals surface area contributed by atoms with Crippen LogP contribution in [0.2, 0.25) is 0 Å². The van der Waals surface area contributed by atoms with Crippen LogP contribution in [0.4, 0.5) is 8.78 Å². The van der Waals surface area contributed by atoms with Crippen molar-refractivity contribution in [1.82, 2.24) is 15.0 Å². The van der Waals surface area contributed by atoms with Crippen LogP contribution in [0.15, 0.2) is 0 Å². The Labute approximate surface area is 56.7 Å². The molecule has 56 valence electrons. The Kier molecular flexibility index (Phi) is 1.65. The smallest absolute Gasteiger partial charge is 0.246 e. The van der Waals surface area contributed by atoms with E-state index in [9.17, 15) is 8.78 Å². The third kappa shape index (κ3) is 0.984. The number of aryl methyl sites for hydroxylation is 2. The molecule has 1 aromatic rings. The topological polar surface area (TPSA) is 30.7 Å². The average molecular weight is 147 g/mol. The molecule has 1 rings (SSSR count). The molecular weight excluding hydrogens is 140 g/mol. The van der Waals surface area contributed by atoms with Gasteiger partial charge < -0.3 is 0 Å². The zero-order chi connectivity index (χ0) is 7.72. The van der Waals surface area contributed by atoms with Crippen molar-refractivity contribution < 1.29 is 8.78 Å². The first-order chi connectivity index (χ1) is 4.63. The summed E-state index contributed by atoms with van der Waals surface area (Å²) in [6.45, 7) is 1.51. The second-order valence-corrected chi connectivity index (χ2v) is 1.98. The Hall–Kier alpha value is -1.00. The molecule has 5 heteroatoms. The van der Waals surface area contributed by atoms with Gasteiger partial charge in [-0.05, 0) is 6.92 Å². The van der Waals surface area contributed by atoms with Gasteiger partial charge in [-0.3, -0.25) is 0 Å². The van der Waals surface area contributed by atoms with Crippen molar-refractivity contribution in [2.45, 2.75) is 13.3 Å². The van der Waals surface area contributed by atoms with Crippen LogP contribution < -0.4 is 0 Å². The number of aromatic nitrogens is 3. The molecule has 0 aromatic carbocycles. The van der Waals surface area contributed by atoms with E-state index in [1.54, 1.807) is 0 Å². The van der Waals surface area contributed by atoms with E-state index >= 15 is 0 Å². The van der Waals surface area contributed by atoms with Crippen LogP contribution in [0.25, 0.3) is 0 Å². The standard InChI is InChI=1S/C5H7F2N3/c1-3-4(5(6)7)10(2)9-8-3/h5H,1-2H3. The van der Waals surface area contributed by atoms with E-state index in [2.05, 4.69) is 10.3 Å². The number of rotatable bonds is 1. The Morgan fingerprint density at radius 1 is 1.50 bits per heavy atom. The molecule has 1 heterocycles. The van der Waals surface area contributed by atoms with Gasteiger partial charge >= 0.3 is 0 Å². The van der Waals surface area contributed by atoms with Crippen molar-refractivity contribution in [3.8, 4) is 0 Å². The molecule has 10 heavy (non-hydrogen) atoms. The van der Waals surface area contributed by atoms with Crippen molar-refractivity contribution in [1.29, 1.82) is 0 Å². The van der Waals surface area contributed by atoms with Crippen LogP contribution >= 0.6 is 0 Å². The molecule has 0 radical (unpaired) electrons. The van der Waals surface area contributed by atoms with E-state index < -0.39 is 6.43 Å². The van der Waals surface area contributed by atoms with Gasteiger partial charge in [0.25, 0.3) is 6.43 Å². The van der Waals surface area contributed by atoms with Gasteiger partial charge in [0.1, 0.15) is 5.69 Å². The molecule has 0 aliphatic carbocycles. The van der Waals surface area contributed by atoms with E-state index in [0.29, 0.717) is 0 Å². The quantitative estimate of drug-likeness (QED) is 0.594. The second kappa shape index (κ2) is 2.32.